The summed E-state index contributed by atoms with van der Waals surface area (Å²) in [5.74, 6) is -2.19. The first-order valence-corrected chi connectivity index (χ1v) is 16.6. The molecule has 0 fully saturated rings. The molecule has 3 aromatic rings. The standard InChI is InChI=1S/C30H27F11O7S2/c1-18(2)24(45-3)48-26(29(36,37)38,30(39,40)41)17-46-19-9-13-22(14-10-19)49(21-7-5-4-6-8-21)23-15-11-20(12-16-23)47-25(27(31,32)33)28(34,35)50(42,43)44/h4-16,18,24-25H,17H2,1-3H3/p+1. The second kappa shape index (κ2) is 15.1. The molecule has 1 N–H and O–H groups in total. The molecular formula is C30H28F11O7S2+. The SMILES string of the molecule is COC(OC(COc1ccc([S+](c2ccccc2)c2ccc(OC(C(F)(F)F)C(F)(F)S(=O)(=O)O)cc2)cc1)(C(F)(F)F)C(F)(F)F)C(C)C. The van der Waals surface area contributed by atoms with E-state index in [-0.39, 0.29) is 0 Å². The van der Waals surface area contributed by atoms with Gasteiger partial charge in [-0.05, 0) is 60.7 Å². The van der Waals surface area contributed by atoms with E-state index < -0.39 is 86.8 Å². The van der Waals surface area contributed by atoms with Crippen molar-refractivity contribution in [2.45, 2.75) is 70.3 Å². The topological polar surface area (TPSA) is 91.3 Å². The molecule has 0 aromatic heterocycles. The summed E-state index contributed by atoms with van der Waals surface area (Å²) in [4.78, 5) is 1.24. The summed E-state index contributed by atoms with van der Waals surface area (Å²) < 4.78 is 201. The fourth-order valence-corrected chi connectivity index (χ4v) is 6.73. The van der Waals surface area contributed by atoms with E-state index in [2.05, 4.69) is 9.47 Å². The molecule has 0 aliphatic carbocycles. The largest absolute Gasteiger partial charge is 0.490 e. The van der Waals surface area contributed by atoms with Gasteiger partial charge in [0.1, 0.15) is 18.1 Å². The Morgan fingerprint density at radius 2 is 1.14 bits per heavy atom. The summed E-state index contributed by atoms with van der Waals surface area (Å²) in [5.41, 5.74) is -4.78. The van der Waals surface area contributed by atoms with Gasteiger partial charge >= 0.3 is 33.9 Å². The third-order valence-electron chi connectivity index (χ3n) is 6.75. The summed E-state index contributed by atoms with van der Waals surface area (Å²) in [6.07, 6.45) is -24.1. The van der Waals surface area contributed by atoms with Gasteiger partial charge in [0.15, 0.2) is 21.0 Å². The molecule has 50 heavy (non-hydrogen) atoms. The van der Waals surface area contributed by atoms with Crippen molar-refractivity contribution in [1.29, 1.82) is 0 Å². The lowest BCUT2D eigenvalue weighted by Crippen LogP contribution is -2.64. The lowest BCUT2D eigenvalue weighted by Gasteiger charge is -2.39. The molecule has 0 saturated carbocycles. The smallest absolute Gasteiger partial charge is 0.432 e. The first kappa shape index (κ1) is 41.1. The van der Waals surface area contributed by atoms with E-state index in [4.69, 9.17) is 14.0 Å². The van der Waals surface area contributed by atoms with Crippen LogP contribution in [-0.4, -0.2) is 68.5 Å². The van der Waals surface area contributed by atoms with Gasteiger partial charge < -0.3 is 18.9 Å². The second-order valence-electron chi connectivity index (χ2n) is 10.7. The Labute approximate surface area is 281 Å². The van der Waals surface area contributed by atoms with Gasteiger partial charge in [0, 0.05) is 13.0 Å². The molecule has 3 atom stereocenters. The van der Waals surface area contributed by atoms with Crippen LogP contribution in [0, 0.1) is 5.92 Å². The van der Waals surface area contributed by atoms with Gasteiger partial charge in [0.25, 0.3) is 11.7 Å². The van der Waals surface area contributed by atoms with Crippen LogP contribution in [0.3, 0.4) is 0 Å². The van der Waals surface area contributed by atoms with Gasteiger partial charge in [-0.15, -0.1) is 0 Å². The number of benzene rings is 3. The summed E-state index contributed by atoms with van der Waals surface area (Å²) in [6, 6.07) is 16.9. The van der Waals surface area contributed by atoms with Gasteiger partial charge in [-0.3, -0.25) is 4.55 Å². The molecule has 0 aliphatic rings. The maximum Gasteiger partial charge on any atom is 0.432 e. The molecule has 0 heterocycles. The van der Waals surface area contributed by atoms with E-state index in [9.17, 15) is 56.7 Å². The summed E-state index contributed by atoms with van der Waals surface area (Å²) >= 11 is 0. The van der Waals surface area contributed by atoms with Crippen molar-refractivity contribution in [3.8, 4) is 11.5 Å². The Bertz CT molecular complexity index is 1630. The highest BCUT2D eigenvalue weighted by atomic mass is 32.2. The van der Waals surface area contributed by atoms with E-state index in [0.29, 0.717) is 14.7 Å². The molecule has 3 rings (SSSR count). The molecule has 0 amide bonds. The molecule has 0 bridgehead atoms. The van der Waals surface area contributed by atoms with Crippen LogP contribution in [0.2, 0.25) is 0 Å². The van der Waals surface area contributed by atoms with Crippen molar-refractivity contribution in [1.82, 2.24) is 0 Å². The highest BCUT2D eigenvalue weighted by Crippen LogP contribution is 2.48. The van der Waals surface area contributed by atoms with Crippen LogP contribution < -0.4 is 9.47 Å². The van der Waals surface area contributed by atoms with Crippen molar-refractivity contribution >= 4 is 21.0 Å². The van der Waals surface area contributed by atoms with Crippen LogP contribution in [-0.2, 0) is 30.5 Å². The third-order valence-corrected chi connectivity index (χ3v) is 9.88. The number of alkyl halides is 11. The molecule has 3 unspecified atom stereocenters. The lowest BCUT2D eigenvalue weighted by atomic mass is 10.0. The minimum absolute atomic E-state index is 0.308. The van der Waals surface area contributed by atoms with Crippen molar-refractivity contribution in [3.05, 3.63) is 78.9 Å². The van der Waals surface area contributed by atoms with Gasteiger partial charge in [-0.2, -0.15) is 56.7 Å². The molecule has 0 radical (unpaired) electrons. The number of halogens is 11. The Balaban J connectivity index is 1.96. The quantitative estimate of drug-likeness (QED) is 0.0761. The Morgan fingerprint density at radius 1 is 0.700 bits per heavy atom. The van der Waals surface area contributed by atoms with Crippen LogP contribution in [0.5, 0.6) is 11.5 Å². The van der Waals surface area contributed by atoms with Crippen molar-refractivity contribution < 1.29 is 80.2 Å². The van der Waals surface area contributed by atoms with E-state index in [1.54, 1.807) is 30.3 Å². The zero-order valence-corrected chi connectivity index (χ0v) is 27.4. The molecule has 0 aliphatic heterocycles. The molecule has 3 aromatic carbocycles. The first-order chi connectivity index (χ1) is 22.9. The maximum absolute atomic E-state index is 14.0. The molecule has 0 spiro atoms. The minimum Gasteiger partial charge on any atom is -0.490 e. The molecule has 20 heteroatoms. The summed E-state index contributed by atoms with van der Waals surface area (Å²) in [5, 5.41) is -5.77. The van der Waals surface area contributed by atoms with Crippen LogP contribution in [0.1, 0.15) is 13.8 Å². The van der Waals surface area contributed by atoms with Crippen LogP contribution in [0.4, 0.5) is 48.3 Å². The number of hydrogen-bond acceptors (Lipinski definition) is 6. The van der Waals surface area contributed by atoms with Gasteiger partial charge in [-0.25, -0.2) is 0 Å². The highest BCUT2D eigenvalue weighted by molar-refractivity contribution is 7.97. The van der Waals surface area contributed by atoms with E-state index in [0.717, 1.165) is 43.5 Å². The van der Waals surface area contributed by atoms with Gasteiger partial charge in [-0.1, -0.05) is 32.0 Å². The predicted molar refractivity (Wildman–Crippen MR) is 156 cm³/mol. The molecule has 278 valence electrons. The Kier molecular flexibility index (Phi) is 12.4. The number of methoxy groups -OCH3 is 1. The van der Waals surface area contributed by atoms with Crippen molar-refractivity contribution in [2.75, 3.05) is 13.7 Å². The van der Waals surface area contributed by atoms with E-state index in [1.165, 1.54) is 26.0 Å². The predicted octanol–water partition coefficient (Wildman–Crippen LogP) is 8.46. The lowest BCUT2D eigenvalue weighted by molar-refractivity contribution is -0.415. The molecule has 0 saturated heterocycles. The second-order valence-corrected chi connectivity index (χ2v) is 14.2. The fourth-order valence-electron chi connectivity index (χ4n) is 4.22. The van der Waals surface area contributed by atoms with E-state index in [1.807, 2.05) is 0 Å². The van der Waals surface area contributed by atoms with Crippen LogP contribution in [0.25, 0.3) is 0 Å². The zero-order valence-electron chi connectivity index (χ0n) is 25.8. The van der Waals surface area contributed by atoms with Crippen LogP contribution >= 0.6 is 0 Å². The Morgan fingerprint density at radius 3 is 1.52 bits per heavy atom. The van der Waals surface area contributed by atoms with E-state index >= 15 is 0 Å². The summed E-state index contributed by atoms with van der Waals surface area (Å²) in [7, 11) is -6.84. The van der Waals surface area contributed by atoms with Crippen molar-refractivity contribution in [2.24, 2.45) is 5.92 Å². The molecule has 7 nitrogen and oxygen atoms in total. The normalized spacial score (nSPS) is 15.4. The summed E-state index contributed by atoms with van der Waals surface area (Å²) in [6.45, 7) is 0.544. The highest BCUT2D eigenvalue weighted by Gasteiger charge is 2.74. The fraction of sp³-hybridized carbons (Fsp3) is 0.400. The van der Waals surface area contributed by atoms with Crippen molar-refractivity contribution in [3.63, 3.8) is 0 Å². The number of rotatable bonds is 14. The average molecular weight is 774 g/mol. The third kappa shape index (κ3) is 9.12. The maximum atomic E-state index is 14.0. The first-order valence-electron chi connectivity index (χ1n) is 13.9. The van der Waals surface area contributed by atoms with Crippen LogP contribution in [0.15, 0.2) is 93.5 Å². The van der Waals surface area contributed by atoms with Gasteiger partial charge in [0.2, 0.25) is 0 Å². The Hall–Kier alpha value is -3.33. The minimum atomic E-state index is -6.55. The molecular weight excluding hydrogens is 745 g/mol. The monoisotopic (exact) mass is 773 g/mol. The number of ether oxygens (including phenoxy) is 4. The number of hydrogen-bond donors (Lipinski definition) is 1. The zero-order chi connectivity index (χ0) is 37.9. The van der Waals surface area contributed by atoms with Gasteiger partial charge in [0.05, 0.1) is 10.9 Å². The average Bonchev–Trinajstić information content (AvgIpc) is 2.99.